The average Bonchev–Trinajstić information content (AvgIpc) is 2.50. The largest absolute Gasteiger partial charge is 0.508 e. The summed E-state index contributed by atoms with van der Waals surface area (Å²) in [6.45, 7) is 14.9. The molecule has 1 saturated heterocycles. The van der Waals surface area contributed by atoms with Crippen LogP contribution in [0.1, 0.15) is 46.1 Å². The van der Waals surface area contributed by atoms with Gasteiger partial charge in [-0.15, -0.1) is 0 Å². The minimum Gasteiger partial charge on any atom is -0.508 e. The first kappa shape index (κ1) is 18.3. The predicted octanol–water partition coefficient (Wildman–Crippen LogP) is 3.63. The standard InChI is InChI=1S/C20H34N2O/c1-16(2)14-21-10-6-11-22-12-9-20(4,17(3)15-22)18-7-5-8-19(23)13-18/h5,7-8,13,16-17,21,23H,6,9-12,14-15H2,1-4H3/t17-,20-/m0/s1. The van der Waals surface area contributed by atoms with E-state index in [0.717, 1.165) is 38.5 Å². The molecular weight excluding hydrogens is 284 g/mol. The summed E-state index contributed by atoms with van der Waals surface area (Å²) in [5.41, 5.74) is 1.45. The Balaban J connectivity index is 1.82. The van der Waals surface area contributed by atoms with Gasteiger partial charge in [0.05, 0.1) is 0 Å². The van der Waals surface area contributed by atoms with Crippen molar-refractivity contribution in [3.8, 4) is 5.75 Å². The highest BCUT2D eigenvalue weighted by atomic mass is 16.3. The molecule has 3 nitrogen and oxygen atoms in total. The molecule has 0 aliphatic carbocycles. The van der Waals surface area contributed by atoms with E-state index in [0.29, 0.717) is 11.7 Å². The monoisotopic (exact) mass is 318 g/mol. The molecule has 1 aliphatic rings. The van der Waals surface area contributed by atoms with E-state index in [9.17, 15) is 5.11 Å². The summed E-state index contributed by atoms with van der Waals surface area (Å²) >= 11 is 0. The number of hydrogen-bond donors (Lipinski definition) is 2. The number of phenols is 1. The van der Waals surface area contributed by atoms with Crippen LogP contribution in [0.25, 0.3) is 0 Å². The fourth-order valence-corrected chi connectivity index (χ4v) is 3.63. The lowest BCUT2D eigenvalue weighted by molar-refractivity contribution is 0.110. The van der Waals surface area contributed by atoms with Crippen molar-refractivity contribution in [1.82, 2.24) is 10.2 Å². The van der Waals surface area contributed by atoms with E-state index in [-0.39, 0.29) is 5.41 Å². The Hall–Kier alpha value is -1.06. The van der Waals surface area contributed by atoms with Gasteiger partial charge in [-0.2, -0.15) is 0 Å². The Labute approximate surface area is 142 Å². The van der Waals surface area contributed by atoms with Gasteiger partial charge in [-0.25, -0.2) is 0 Å². The third kappa shape index (κ3) is 4.95. The predicted molar refractivity (Wildman–Crippen MR) is 98.0 cm³/mol. The van der Waals surface area contributed by atoms with Gasteiger partial charge in [0.2, 0.25) is 0 Å². The van der Waals surface area contributed by atoms with Crippen LogP contribution in [-0.2, 0) is 5.41 Å². The number of phenolic OH excluding ortho intramolecular Hbond substituents is 1. The van der Waals surface area contributed by atoms with E-state index in [1.165, 1.54) is 18.5 Å². The molecule has 0 aromatic heterocycles. The number of hydrogen-bond acceptors (Lipinski definition) is 3. The van der Waals surface area contributed by atoms with Gasteiger partial charge in [-0.3, -0.25) is 0 Å². The molecule has 130 valence electrons. The van der Waals surface area contributed by atoms with Crippen LogP contribution < -0.4 is 5.32 Å². The number of piperidine rings is 1. The Bertz CT molecular complexity index is 488. The van der Waals surface area contributed by atoms with Crippen LogP contribution in [0.3, 0.4) is 0 Å². The van der Waals surface area contributed by atoms with Gasteiger partial charge in [0, 0.05) is 6.54 Å². The first-order valence-corrected chi connectivity index (χ1v) is 9.14. The number of aromatic hydroxyl groups is 1. The Morgan fingerprint density at radius 3 is 2.83 bits per heavy atom. The van der Waals surface area contributed by atoms with E-state index in [4.69, 9.17) is 0 Å². The Kier molecular flexibility index (Phi) is 6.49. The summed E-state index contributed by atoms with van der Waals surface area (Å²) in [5, 5.41) is 13.3. The van der Waals surface area contributed by atoms with Crippen molar-refractivity contribution in [2.24, 2.45) is 11.8 Å². The lowest BCUT2D eigenvalue weighted by Gasteiger charge is -2.45. The zero-order valence-electron chi connectivity index (χ0n) is 15.3. The van der Waals surface area contributed by atoms with Gasteiger partial charge in [-0.1, -0.05) is 39.8 Å². The normalized spacial score (nSPS) is 25.9. The van der Waals surface area contributed by atoms with E-state index >= 15 is 0 Å². The third-order valence-corrected chi connectivity index (χ3v) is 5.45. The smallest absolute Gasteiger partial charge is 0.115 e. The van der Waals surface area contributed by atoms with Crippen LogP contribution in [0.4, 0.5) is 0 Å². The first-order valence-electron chi connectivity index (χ1n) is 9.14. The molecule has 1 aromatic carbocycles. The molecule has 2 rings (SSSR count). The summed E-state index contributed by atoms with van der Waals surface area (Å²) in [7, 11) is 0. The SMILES string of the molecule is CC(C)CNCCCN1CC[C@](C)(c2cccc(O)c2)[C@@H](C)C1. The molecule has 0 spiro atoms. The van der Waals surface area contributed by atoms with E-state index in [1.807, 2.05) is 12.1 Å². The second-order valence-corrected chi connectivity index (χ2v) is 7.87. The molecule has 1 aromatic rings. The molecule has 0 radical (unpaired) electrons. The third-order valence-electron chi connectivity index (χ3n) is 5.45. The van der Waals surface area contributed by atoms with Gasteiger partial charge in [-0.05, 0) is 74.0 Å². The Morgan fingerprint density at radius 1 is 1.39 bits per heavy atom. The van der Waals surface area contributed by atoms with Crippen LogP contribution in [0.5, 0.6) is 5.75 Å². The molecule has 1 fully saturated rings. The summed E-state index contributed by atoms with van der Waals surface area (Å²) in [6, 6.07) is 7.84. The van der Waals surface area contributed by atoms with Crippen LogP contribution in [0, 0.1) is 11.8 Å². The van der Waals surface area contributed by atoms with Gasteiger partial charge in [0.25, 0.3) is 0 Å². The molecule has 23 heavy (non-hydrogen) atoms. The van der Waals surface area contributed by atoms with Gasteiger partial charge >= 0.3 is 0 Å². The lowest BCUT2D eigenvalue weighted by Crippen LogP contribution is -2.47. The highest BCUT2D eigenvalue weighted by Gasteiger charge is 2.37. The minimum atomic E-state index is 0.172. The maximum Gasteiger partial charge on any atom is 0.115 e. The second kappa shape index (κ2) is 8.16. The van der Waals surface area contributed by atoms with Crippen LogP contribution >= 0.6 is 0 Å². The summed E-state index contributed by atoms with van der Waals surface area (Å²) in [4.78, 5) is 2.60. The topological polar surface area (TPSA) is 35.5 Å². The number of benzene rings is 1. The van der Waals surface area contributed by atoms with Crippen molar-refractivity contribution in [2.75, 3.05) is 32.7 Å². The number of nitrogens with zero attached hydrogens (tertiary/aromatic N) is 1. The van der Waals surface area contributed by atoms with Gasteiger partial charge in [0.1, 0.15) is 5.75 Å². The zero-order valence-corrected chi connectivity index (χ0v) is 15.3. The van der Waals surface area contributed by atoms with Crippen molar-refractivity contribution in [1.29, 1.82) is 0 Å². The molecule has 0 saturated carbocycles. The molecule has 1 heterocycles. The fourth-order valence-electron chi connectivity index (χ4n) is 3.63. The van der Waals surface area contributed by atoms with Crippen molar-refractivity contribution >= 4 is 0 Å². The van der Waals surface area contributed by atoms with Crippen molar-refractivity contribution in [3.05, 3.63) is 29.8 Å². The number of rotatable bonds is 7. The van der Waals surface area contributed by atoms with Crippen molar-refractivity contribution < 1.29 is 5.11 Å². The molecule has 0 unspecified atom stereocenters. The molecular formula is C20H34N2O. The van der Waals surface area contributed by atoms with Crippen molar-refractivity contribution in [3.63, 3.8) is 0 Å². The molecule has 0 bridgehead atoms. The molecule has 1 aliphatic heterocycles. The number of likely N-dealkylation sites (tertiary alicyclic amines) is 1. The molecule has 2 atom stereocenters. The molecule has 3 heteroatoms. The Morgan fingerprint density at radius 2 is 2.17 bits per heavy atom. The molecule has 0 amide bonds. The first-order chi connectivity index (χ1) is 10.9. The summed E-state index contributed by atoms with van der Waals surface area (Å²) in [5.74, 6) is 1.71. The van der Waals surface area contributed by atoms with Gasteiger partial charge in [0.15, 0.2) is 0 Å². The maximum absolute atomic E-state index is 9.78. The lowest BCUT2D eigenvalue weighted by atomic mass is 9.68. The average molecular weight is 319 g/mol. The van der Waals surface area contributed by atoms with E-state index in [2.05, 4.69) is 44.0 Å². The molecule has 2 N–H and O–H groups in total. The highest BCUT2D eigenvalue weighted by molar-refractivity contribution is 5.33. The van der Waals surface area contributed by atoms with Crippen LogP contribution in [0.15, 0.2) is 24.3 Å². The van der Waals surface area contributed by atoms with E-state index < -0.39 is 0 Å². The maximum atomic E-state index is 9.78. The minimum absolute atomic E-state index is 0.172. The zero-order chi connectivity index (χ0) is 16.9. The summed E-state index contributed by atoms with van der Waals surface area (Å²) < 4.78 is 0. The number of nitrogens with one attached hydrogen (secondary N) is 1. The van der Waals surface area contributed by atoms with Gasteiger partial charge < -0.3 is 15.3 Å². The summed E-state index contributed by atoms with van der Waals surface area (Å²) in [6.07, 6.45) is 2.39. The van der Waals surface area contributed by atoms with E-state index in [1.54, 1.807) is 6.07 Å². The second-order valence-electron chi connectivity index (χ2n) is 7.87. The van der Waals surface area contributed by atoms with Crippen LogP contribution in [0.2, 0.25) is 0 Å². The highest BCUT2D eigenvalue weighted by Crippen LogP contribution is 2.40. The quantitative estimate of drug-likeness (QED) is 0.754. The fraction of sp³-hybridized carbons (Fsp3) is 0.700. The van der Waals surface area contributed by atoms with Crippen LogP contribution in [-0.4, -0.2) is 42.7 Å². The van der Waals surface area contributed by atoms with Crippen molar-refractivity contribution in [2.45, 2.75) is 46.0 Å².